The number of halogens is 1. The molecule has 3 rings (SSSR count). The third-order valence-corrected chi connectivity index (χ3v) is 4.63. The van der Waals surface area contributed by atoms with Crippen LogP contribution in [0.4, 0.5) is 5.69 Å². The molecule has 1 aromatic heterocycles. The van der Waals surface area contributed by atoms with Crippen LogP contribution in [0.5, 0.6) is 0 Å². The van der Waals surface area contributed by atoms with E-state index in [0.717, 1.165) is 16.1 Å². The molecule has 8 heteroatoms. The number of carbonyl (C=O) groups is 1. The third-order valence-electron chi connectivity index (χ3n) is 3.60. The highest BCUT2D eigenvalue weighted by atomic mass is 35.5. The summed E-state index contributed by atoms with van der Waals surface area (Å²) in [5.74, 6) is 0.211. The fourth-order valence-electron chi connectivity index (χ4n) is 2.22. The number of aromatic nitrogens is 4. The molecule has 1 heterocycles. The molecule has 128 valence electrons. The van der Waals surface area contributed by atoms with Crippen molar-refractivity contribution in [1.82, 2.24) is 20.2 Å². The largest absolute Gasteiger partial charge is 0.323 e. The van der Waals surface area contributed by atoms with Crippen molar-refractivity contribution in [2.24, 2.45) is 0 Å². The number of carbonyl (C=O) groups excluding carboxylic acids is 1. The lowest BCUT2D eigenvalue weighted by molar-refractivity contribution is -0.119. The Hall–Kier alpha value is -2.38. The number of nitrogens with one attached hydrogen (secondary N) is 1. The van der Waals surface area contributed by atoms with Crippen molar-refractivity contribution in [1.29, 1.82) is 0 Å². The van der Waals surface area contributed by atoms with E-state index in [1.54, 1.807) is 30.8 Å². The average Bonchev–Trinajstić information content (AvgIpc) is 3.11. The Morgan fingerprint density at radius 1 is 1.24 bits per heavy atom. The van der Waals surface area contributed by atoms with Crippen LogP contribution in [0.2, 0.25) is 5.02 Å². The summed E-state index contributed by atoms with van der Waals surface area (Å²) in [7, 11) is 0. The van der Waals surface area contributed by atoms with Crippen molar-refractivity contribution < 1.29 is 4.79 Å². The van der Waals surface area contributed by atoms with Gasteiger partial charge < -0.3 is 5.32 Å². The first-order valence-corrected chi connectivity index (χ1v) is 9.18. The molecule has 1 N–H and O–H groups in total. The van der Waals surface area contributed by atoms with E-state index >= 15 is 0 Å². The number of thioether (sulfide) groups is 1. The zero-order valence-corrected chi connectivity index (χ0v) is 15.3. The van der Waals surface area contributed by atoms with Crippen LogP contribution >= 0.6 is 23.4 Å². The minimum atomic E-state index is -0.602. The van der Waals surface area contributed by atoms with Crippen molar-refractivity contribution in [2.75, 3.05) is 11.6 Å². The number of tetrazole rings is 1. The lowest BCUT2D eigenvalue weighted by Crippen LogP contribution is -2.25. The molecule has 2 aromatic carbocycles. The third kappa shape index (κ3) is 4.00. The number of hydrogen-bond donors (Lipinski definition) is 1. The standard InChI is InChI=1S/C17H16ClN5OS/c1-11(17(24)19-14-8-3-4-9-15(14)25-2)23-21-16(20-22-23)12-6-5-7-13(18)10-12/h3-11H,1-2H3,(H,19,24). The van der Waals surface area contributed by atoms with Crippen LogP contribution in [0, 0.1) is 0 Å². The first-order valence-electron chi connectivity index (χ1n) is 7.58. The van der Waals surface area contributed by atoms with Gasteiger partial charge in [0, 0.05) is 15.5 Å². The van der Waals surface area contributed by atoms with Gasteiger partial charge in [-0.05, 0) is 42.7 Å². The molecule has 0 spiro atoms. The van der Waals surface area contributed by atoms with Crippen LogP contribution in [0.15, 0.2) is 53.4 Å². The van der Waals surface area contributed by atoms with Crippen LogP contribution in [0.25, 0.3) is 11.4 Å². The summed E-state index contributed by atoms with van der Waals surface area (Å²) in [6.45, 7) is 1.72. The minimum absolute atomic E-state index is 0.212. The minimum Gasteiger partial charge on any atom is -0.323 e. The van der Waals surface area contributed by atoms with Crippen molar-refractivity contribution in [3.8, 4) is 11.4 Å². The van der Waals surface area contributed by atoms with E-state index in [1.807, 2.05) is 42.7 Å². The molecule has 0 radical (unpaired) electrons. The van der Waals surface area contributed by atoms with E-state index in [1.165, 1.54) is 4.80 Å². The van der Waals surface area contributed by atoms with E-state index in [9.17, 15) is 4.79 Å². The predicted molar refractivity (Wildman–Crippen MR) is 99.8 cm³/mol. The molecule has 0 fully saturated rings. The monoisotopic (exact) mass is 373 g/mol. The van der Waals surface area contributed by atoms with Crippen molar-refractivity contribution in [2.45, 2.75) is 17.9 Å². The quantitative estimate of drug-likeness (QED) is 0.686. The zero-order chi connectivity index (χ0) is 17.8. The first-order chi connectivity index (χ1) is 12.1. The van der Waals surface area contributed by atoms with Gasteiger partial charge in [0.15, 0.2) is 0 Å². The van der Waals surface area contributed by atoms with Gasteiger partial charge in [-0.25, -0.2) is 0 Å². The SMILES string of the molecule is CSc1ccccc1NC(=O)C(C)n1nnc(-c2cccc(Cl)c2)n1. The van der Waals surface area contributed by atoms with Gasteiger partial charge in [-0.1, -0.05) is 35.9 Å². The summed E-state index contributed by atoms with van der Waals surface area (Å²) in [6, 6.07) is 14.2. The number of amides is 1. The summed E-state index contributed by atoms with van der Waals surface area (Å²) in [5.41, 5.74) is 1.51. The maximum atomic E-state index is 12.5. The lowest BCUT2D eigenvalue weighted by Gasteiger charge is -2.13. The average molecular weight is 374 g/mol. The summed E-state index contributed by atoms with van der Waals surface area (Å²) in [6.07, 6.45) is 1.96. The van der Waals surface area contributed by atoms with Gasteiger partial charge in [-0.3, -0.25) is 4.79 Å². The number of nitrogens with zero attached hydrogens (tertiary/aromatic N) is 4. The number of hydrogen-bond acceptors (Lipinski definition) is 5. The van der Waals surface area contributed by atoms with Gasteiger partial charge in [-0.15, -0.1) is 22.0 Å². The fraction of sp³-hybridized carbons (Fsp3) is 0.176. The smallest absolute Gasteiger partial charge is 0.250 e. The molecular formula is C17H16ClN5OS. The Labute approximate surface area is 154 Å². The van der Waals surface area contributed by atoms with E-state index < -0.39 is 6.04 Å². The van der Waals surface area contributed by atoms with Crippen LogP contribution in [0.1, 0.15) is 13.0 Å². The number of benzene rings is 2. The topological polar surface area (TPSA) is 72.7 Å². The molecule has 0 aliphatic carbocycles. The first kappa shape index (κ1) is 17.4. The maximum absolute atomic E-state index is 12.5. The van der Waals surface area contributed by atoms with Gasteiger partial charge in [0.05, 0.1) is 5.69 Å². The zero-order valence-electron chi connectivity index (χ0n) is 13.7. The fourth-order valence-corrected chi connectivity index (χ4v) is 2.97. The van der Waals surface area contributed by atoms with Crippen molar-refractivity contribution >= 4 is 35.0 Å². The second-order valence-electron chi connectivity index (χ2n) is 5.31. The Balaban J connectivity index is 1.77. The molecule has 0 saturated heterocycles. The van der Waals surface area contributed by atoms with Crippen molar-refractivity contribution in [3.05, 3.63) is 53.6 Å². The van der Waals surface area contributed by atoms with Crippen LogP contribution in [-0.2, 0) is 4.79 Å². The molecule has 1 amide bonds. The van der Waals surface area contributed by atoms with Crippen LogP contribution in [0.3, 0.4) is 0 Å². The Bertz CT molecular complexity index is 898. The highest BCUT2D eigenvalue weighted by Gasteiger charge is 2.19. The molecular weight excluding hydrogens is 358 g/mol. The lowest BCUT2D eigenvalue weighted by atomic mass is 10.2. The summed E-state index contributed by atoms with van der Waals surface area (Å²) in [5, 5.41) is 15.8. The van der Waals surface area contributed by atoms with E-state index in [0.29, 0.717) is 10.8 Å². The van der Waals surface area contributed by atoms with Gasteiger partial charge in [0.1, 0.15) is 6.04 Å². The second-order valence-corrected chi connectivity index (χ2v) is 6.59. The molecule has 0 aliphatic rings. The molecule has 0 aliphatic heterocycles. The summed E-state index contributed by atoms with van der Waals surface area (Å²) in [4.78, 5) is 14.8. The van der Waals surface area contributed by atoms with Gasteiger partial charge in [0.25, 0.3) is 5.91 Å². The van der Waals surface area contributed by atoms with E-state index in [2.05, 4.69) is 20.7 Å². The van der Waals surface area contributed by atoms with Gasteiger partial charge in [0.2, 0.25) is 5.82 Å². The number of para-hydroxylation sites is 1. The Morgan fingerprint density at radius 3 is 2.80 bits per heavy atom. The van der Waals surface area contributed by atoms with Gasteiger partial charge in [-0.2, -0.15) is 4.80 Å². The molecule has 25 heavy (non-hydrogen) atoms. The van der Waals surface area contributed by atoms with E-state index in [4.69, 9.17) is 11.6 Å². The van der Waals surface area contributed by atoms with Crippen LogP contribution < -0.4 is 5.32 Å². The second kappa shape index (κ2) is 7.67. The molecule has 0 bridgehead atoms. The van der Waals surface area contributed by atoms with E-state index in [-0.39, 0.29) is 5.91 Å². The molecule has 6 nitrogen and oxygen atoms in total. The molecule has 1 unspecified atom stereocenters. The predicted octanol–water partition coefficient (Wildman–Crippen LogP) is 3.92. The van der Waals surface area contributed by atoms with Crippen LogP contribution in [-0.4, -0.2) is 32.4 Å². The molecule has 3 aromatic rings. The normalized spacial score (nSPS) is 12.0. The molecule has 0 saturated carbocycles. The number of anilines is 1. The Kier molecular flexibility index (Phi) is 5.35. The highest BCUT2D eigenvalue weighted by Crippen LogP contribution is 2.25. The van der Waals surface area contributed by atoms with Crippen molar-refractivity contribution in [3.63, 3.8) is 0 Å². The maximum Gasteiger partial charge on any atom is 0.250 e. The molecule has 1 atom stereocenters. The van der Waals surface area contributed by atoms with Gasteiger partial charge >= 0.3 is 0 Å². The highest BCUT2D eigenvalue weighted by molar-refractivity contribution is 7.98. The number of rotatable bonds is 5. The Morgan fingerprint density at radius 2 is 2.04 bits per heavy atom. The summed E-state index contributed by atoms with van der Waals surface area (Å²) >= 11 is 7.55. The summed E-state index contributed by atoms with van der Waals surface area (Å²) < 4.78 is 0.